The highest BCUT2D eigenvalue weighted by Gasteiger charge is 2.55. The minimum Gasteiger partial charge on any atom is -0.376 e. The van der Waals surface area contributed by atoms with Gasteiger partial charge in [-0.3, -0.25) is 0 Å². The predicted octanol–water partition coefficient (Wildman–Crippen LogP) is 4.92. The number of aliphatic hydroxyl groups is 1. The van der Waals surface area contributed by atoms with Crippen LogP contribution >= 0.6 is 11.6 Å². The zero-order valence-electron chi connectivity index (χ0n) is 11.0. The molecular weight excluding hydrogens is 277 g/mol. The molecule has 0 aliphatic heterocycles. The molecule has 0 aliphatic rings. The minimum atomic E-state index is -4.74. The van der Waals surface area contributed by atoms with Crippen molar-refractivity contribution in [2.45, 2.75) is 44.9 Å². The van der Waals surface area contributed by atoms with E-state index in [0.717, 1.165) is 6.42 Å². The predicted molar refractivity (Wildman–Crippen MR) is 70.1 cm³/mol. The Bertz CT molecular complexity index is 419. The van der Waals surface area contributed by atoms with Gasteiger partial charge >= 0.3 is 6.18 Å². The second kappa shape index (κ2) is 6.14. The first-order chi connectivity index (χ1) is 8.72. The van der Waals surface area contributed by atoms with Crippen LogP contribution in [0.1, 0.15) is 38.7 Å². The molecule has 2 atom stereocenters. The fraction of sp³-hybridized carbons (Fsp3) is 0.571. The molecule has 1 aromatic rings. The van der Waals surface area contributed by atoms with Crippen molar-refractivity contribution < 1.29 is 18.3 Å². The lowest BCUT2D eigenvalue weighted by Gasteiger charge is -2.32. The minimum absolute atomic E-state index is 0.0634. The molecule has 5 heteroatoms. The highest BCUT2D eigenvalue weighted by Crippen LogP contribution is 2.45. The number of alkyl halides is 3. The summed E-state index contributed by atoms with van der Waals surface area (Å²) in [5.41, 5.74) is -3.15. The summed E-state index contributed by atoms with van der Waals surface area (Å²) in [6.07, 6.45) is -4.06. The van der Waals surface area contributed by atoms with Gasteiger partial charge in [0.25, 0.3) is 0 Å². The Morgan fingerprint density at radius 1 is 1.26 bits per heavy atom. The third kappa shape index (κ3) is 3.63. The number of hydrogen-bond donors (Lipinski definition) is 1. The van der Waals surface area contributed by atoms with Gasteiger partial charge < -0.3 is 5.11 Å². The van der Waals surface area contributed by atoms with E-state index in [1.54, 1.807) is 0 Å². The van der Waals surface area contributed by atoms with Crippen LogP contribution in [-0.2, 0) is 5.60 Å². The van der Waals surface area contributed by atoms with Crippen LogP contribution in [-0.4, -0.2) is 11.3 Å². The Morgan fingerprint density at radius 2 is 1.84 bits per heavy atom. The van der Waals surface area contributed by atoms with Crippen LogP contribution in [0, 0.1) is 5.92 Å². The molecule has 0 amide bonds. The van der Waals surface area contributed by atoms with Crippen LogP contribution in [0.15, 0.2) is 24.3 Å². The molecule has 0 aliphatic carbocycles. The standard InChI is InChI=1S/C14H18ClF3O/c1-3-10(2)8-9-13(19,14(16,17)18)11-6-4-5-7-12(11)15/h4-7,10,19H,3,8-9H2,1-2H3. The molecule has 0 radical (unpaired) electrons. The quantitative estimate of drug-likeness (QED) is 0.817. The van der Waals surface area contributed by atoms with Gasteiger partial charge in [0.05, 0.1) is 0 Å². The van der Waals surface area contributed by atoms with E-state index in [9.17, 15) is 18.3 Å². The second-order valence-corrected chi connectivity index (χ2v) is 5.30. The third-order valence-corrected chi connectivity index (χ3v) is 3.81. The normalized spacial score (nSPS) is 17.0. The van der Waals surface area contributed by atoms with Crippen molar-refractivity contribution in [1.82, 2.24) is 0 Å². The Morgan fingerprint density at radius 3 is 2.32 bits per heavy atom. The van der Waals surface area contributed by atoms with E-state index in [4.69, 9.17) is 11.6 Å². The first kappa shape index (κ1) is 16.3. The third-order valence-electron chi connectivity index (χ3n) is 3.48. The highest BCUT2D eigenvalue weighted by atomic mass is 35.5. The van der Waals surface area contributed by atoms with Gasteiger partial charge in [-0.1, -0.05) is 50.1 Å². The molecule has 0 aromatic heterocycles. The van der Waals surface area contributed by atoms with Gasteiger partial charge in [0.1, 0.15) is 0 Å². The van der Waals surface area contributed by atoms with Gasteiger partial charge in [-0.25, -0.2) is 0 Å². The maximum Gasteiger partial charge on any atom is 0.421 e. The van der Waals surface area contributed by atoms with E-state index in [1.807, 2.05) is 13.8 Å². The first-order valence-corrected chi connectivity index (χ1v) is 6.64. The van der Waals surface area contributed by atoms with Gasteiger partial charge in [-0.05, 0) is 24.8 Å². The molecule has 0 heterocycles. The molecule has 19 heavy (non-hydrogen) atoms. The SMILES string of the molecule is CCC(C)CCC(O)(c1ccccc1Cl)C(F)(F)F. The van der Waals surface area contributed by atoms with E-state index in [-0.39, 0.29) is 29.3 Å². The zero-order valence-corrected chi connectivity index (χ0v) is 11.7. The van der Waals surface area contributed by atoms with Crippen LogP contribution in [0.5, 0.6) is 0 Å². The van der Waals surface area contributed by atoms with Crippen molar-refractivity contribution in [3.05, 3.63) is 34.9 Å². The van der Waals surface area contributed by atoms with E-state index in [1.165, 1.54) is 24.3 Å². The Labute approximate surface area is 116 Å². The summed E-state index contributed by atoms with van der Waals surface area (Å²) in [5, 5.41) is 10.1. The summed E-state index contributed by atoms with van der Waals surface area (Å²) in [7, 11) is 0. The van der Waals surface area contributed by atoms with E-state index >= 15 is 0 Å². The smallest absolute Gasteiger partial charge is 0.376 e. The molecule has 1 rings (SSSR count). The van der Waals surface area contributed by atoms with Crippen molar-refractivity contribution in [1.29, 1.82) is 0 Å². The molecule has 108 valence electrons. The van der Waals surface area contributed by atoms with Gasteiger partial charge in [0.2, 0.25) is 0 Å². The van der Waals surface area contributed by atoms with Crippen LogP contribution in [0.3, 0.4) is 0 Å². The number of halogens is 4. The largest absolute Gasteiger partial charge is 0.421 e. The Kier molecular flexibility index (Phi) is 5.27. The summed E-state index contributed by atoms with van der Waals surface area (Å²) in [4.78, 5) is 0. The average molecular weight is 295 g/mol. The number of hydrogen-bond acceptors (Lipinski definition) is 1. The summed E-state index contributed by atoms with van der Waals surface area (Å²) >= 11 is 5.80. The van der Waals surface area contributed by atoms with E-state index in [0.29, 0.717) is 0 Å². The molecular formula is C14H18ClF3O. The number of rotatable bonds is 5. The Balaban J connectivity index is 3.11. The maximum atomic E-state index is 13.2. The molecule has 0 bridgehead atoms. The highest BCUT2D eigenvalue weighted by molar-refractivity contribution is 6.31. The summed E-state index contributed by atoms with van der Waals surface area (Å²) in [6, 6.07) is 5.57. The molecule has 2 unspecified atom stereocenters. The fourth-order valence-corrected chi connectivity index (χ4v) is 2.18. The average Bonchev–Trinajstić information content (AvgIpc) is 2.34. The van der Waals surface area contributed by atoms with Crippen molar-refractivity contribution in [3.63, 3.8) is 0 Å². The molecule has 0 spiro atoms. The van der Waals surface area contributed by atoms with Crippen molar-refractivity contribution in [3.8, 4) is 0 Å². The molecule has 0 saturated carbocycles. The molecule has 1 N–H and O–H groups in total. The molecule has 1 nitrogen and oxygen atoms in total. The van der Waals surface area contributed by atoms with Crippen LogP contribution in [0.2, 0.25) is 5.02 Å². The van der Waals surface area contributed by atoms with Gasteiger partial charge in [0, 0.05) is 10.6 Å². The summed E-state index contributed by atoms with van der Waals surface area (Å²) in [5.74, 6) is 0.122. The van der Waals surface area contributed by atoms with Crippen LogP contribution in [0.25, 0.3) is 0 Å². The summed E-state index contributed by atoms with van der Waals surface area (Å²) in [6.45, 7) is 3.77. The zero-order chi connectivity index (χ0) is 14.7. The fourth-order valence-electron chi connectivity index (χ4n) is 1.89. The maximum absolute atomic E-state index is 13.2. The first-order valence-electron chi connectivity index (χ1n) is 6.26. The van der Waals surface area contributed by atoms with Crippen LogP contribution in [0.4, 0.5) is 13.2 Å². The monoisotopic (exact) mass is 294 g/mol. The molecule has 0 saturated heterocycles. The van der Waals surface area contributed by atoms with Crippen molar-refractivity contribution in [2.75, 3.05) is 0 Å². The topological polar surface area (TPSA) is 20.2 Å². The van der Waals surface area contributed by atoms with Gasteiger partial charge in [-0.2, -0.15) is 13.2 Å². The lowest BCUT2D eigenvalue weighted by Crippen LogP contribution is -2.42. The van der Waals surface area contributed by atoms with Crippen molar-refractivity contribution >= 4 is 11.6 Å². The van der Waals surface area contributed by atoms with Crippen molar-refractivity contribution in [2.24, 2.45) is 5.92 Å². The van der Waals surface area contributed by atoms with Gasteiger partial charge in [-0.15, -0.1) is 0 Å². The van der Waals surface area contributed by atoms with E-state index < -0.39 is 11.8 Å². The lowest BCUT2D eigenvalue weighted by atomic mass is 9.85. The second-order valence-electron chi connectivity index (χ2n) is 4.89. The summed E-state index contributed by atoms with van der Waals surface area (Å²) < 4.78 is 39.6. The molecule has 1 aromatic carbocycles. The van der Waals surface area contributed by atoms with Crippen LogP contribution < -0.4 is 0 Å². The molecule has 0 fully saturated rings. The Hall–Kier alpha value is -0.740. The number of benzene rings is 1. The lowest BCUT2D eigenvalue weighted by molar-refractivity contribution is -0.270. The van der Waals surface area contributed by atoms with Gasteiger partial charge in [0.15, 0.2) is 5.60 Å². The van der Waals surface area contributed by atoms with E-state index in [2.05, 4.69) is 0 Å².